The van der Waals surface area contributed by atoms with Crippen molar-refractivity contribution < 1.29 is 0 Å². The van der Waals surface area contributed by atoms with Crippen LogP contribution in [0.25, 0.3) is 10.8 Å². The molecule has 3 rings (SSSR count). The van der Waals surface area contributed by atoms with Gasteiger partial charge in [-0.15, -0.1) is 0 Å². The zero-order valence-corrected chi connectivity index (χ0v) is 10.1. The van der Waals surface area contributed by atoms with Crippen LogP contribution in [0.5, 0.6) is 0 Å². The molecule has 82 valence electrons. The maximum absolute atomic E-state index is 2.37. The monoisotopic (exact) mass is 210 g/mol. The van der Waals surface area contributed by atoms with Gasteiger partial charge >= 0.3 is 0 Å². The minimum Gasteiger partial charge on any atom is -0.0622 e. The predicted molar refractivity (Wildman–Crippen MR) is 69.9 cm³/mol. The Balaban J connectivity index is 2.28. The van der Waals surface area contributed by atoms with Crippen LogP contribution < -0.4 is 0 Å². The number of aryl methyl sites for hydroxylation is 2. The van der Waals surface area contributed by atoms with Gasteiger partial charge in [-0.05, 0) is 54.0 Å². The minimum atomic E-state index is 0.846. The molecule has 2 aromatic rings. The standard InChI is InChI=1S/C16H18/c1-11-3-5-13-7-8-14-6-4-12(2)10-16(14)15(13)9-11/h3,5,7-9,12H,4,6,10H2,1-2H3. The Labute approximate surface area is 97.3 Å². The summed E-state index contributed by atoms with van der Waals surface area (Å²) in [6.07, 6.45) is 3.88. The van der Waals surface area contributed by atoms with E-state index in [4.69, 9.17) is 0 Å². The molecule has 0 radical (unpaired) electrons. The Hall–Kier alpha value is -1.30. The molecule has 0 aliphatic heterocycles. The molecule has 1 atom stereocenters. The van der Waals surface area contributed by atoms with Gasteiger partial charge in [-0.3, -0.25) is 0 Å². The Morgan fingerprint density at radius 1 is 1.12 bits per heavy atom. The molecule has 0 heterocycles. The van der Waals surface area contributed by atoms with E-state index in [1.165, 1.54) is 35.6 Å². The van der Waals surface area contributed by atoms with Crippen molar-refractivity contribution in [3.63, 3.8) is 0 Å². The first-order valence-electron chi connectivity index (χ1n) is 6.25. The smallest absolute Gasteiger partial charge is 0.0146 e. The van der Waals surface area contributed by atoms with Crippen molar-refractivity contribution in [2.24, 2.45) is 5.92 Å². The van der Waals surface area contributed by atoms with Gasteiger partial charge in [0.25, 0.3) is 0 Å². The summed E-state index contributed by atoms with van der Waals surface area (Å²) in [6.45, 7) is 4.56. The molecule has 0 bridgehead atoms. The molecule has 0 saturated carbocycles. The molecule has 0 nitrogen and oxygen atoms in total. The van der Waals surface area contributed by atoms with Crippen LogP contribution in [0.1, 0.15) is 30.0 Å². The molecule has 1 unspecified atom stereocenters. The molecule has 0 N–H and O–H groups in total. The van der Waals surface area contributed by atoms with Crippen LogP contribution in [0.3, 0.4) is 0 Å². The molecular formula is C16H18. The molecule has 2 aromatic carbocycles. The highest BCUT2D eigenvalue weighted by Gasteiger charge is 2.16. The number of rotatable bonds is 0. The van der Waals surface area contributed by atoms with Crippen LogP contribution in [-0.4, -0.2) is 0 Å². The van der Waals surface area contributed by atoms with Crippen LogP contribution in [0, 0.1) is 12.8 Å². The molecule has 0 spiro atoms. The highest BCUT2D eigenvalue weighted by atomic mass is 14.2. The second-order valence-electron chi connectivity index (χ2n) is 5.28. The van der Waals surface area contributed by atoms with Gasteiger partial charge in [0.1, 0.15) is 0 Å². The fourth-order valence-corrected chi connectivity index (χ4v) is 2.87. The average Bonchev–Trinajstić information content (AvgIpc) is 2.29. The van der Waals surface area contributed by atoms with Crippen molar-refractivity contribution in [1.29, 1.82) is 0 Å². The zero-order chi connectivity index (χ0) is 11.1. The van der Waals surface area contributed by atoms with Crippen molar-refractivity contribution in [1.82, 2.24) is 0 Å². The van der Waals surface area contributed by atoms with E-state index >= 15 is 0 Å². The van der Waals surface area contributed by atoms with Crippen molar-refractivity contribution in [3.8, 4) is 0 Å². The average molecular weight is 210 g/mol. The van der Waals surface area contributed by atoms with Crippen molar-refractivity contribution in [3.05, 3.63) is 47.0 Å². The van der Waals surface area contributed by atoms with E-state index in [1.54, 1.807) is 11.1 Å². The third kappa shape index (κ3) is 1.53. The number of fused-ring (bicyclic) bond motifs is 3. The van der Waals surface area contributed by atoms with Gasteiger partial charge in [-0.2, -0.15) is 0 Å². The lowest BCUT2D eigenvalue weighted by atomic mass is 9.82. The quantitative estimate of drug-likeness (QED) is 0.609. The Morgan fingerprint density at radius 3 is 2.81 bits per heavy atom. The predicted octanol–water partition coefficient (Wildman–Crippen LogP) is 4.27. The third-order valence-corrected chi connectivity index (χ3v) is 3.84. The van der Waals surface area contributed by atoms with Crippen LogP contribution in [0.2, 0.25) is 0 Å². The van der Waals surface area contributed by atoms with Gasteiger partial charge in [0, 0.05) is 0 Å². The van der Waals surface area contributed by atoms with Gasteiger partial charge in [0.2, 0.25) is 0 Å². The summed E-state index contributed by atoms with van der Waals surface area (Å²) in [4.78, 5) is 0. The van der Waals surface area contributed by atoms with Crippen molar-refractivity contribution in [2.75, 3.05) is 0 Å². The van der Waals surface area contributed by atoms with Crippen molar-refractivity contribution in [2.45, 2.75) is 33.1 Å². The second-order valence-corrected chi connectivity index (χ2v) is 5.28. The van der Waals surface area contributed by atoms with Crippen LogP contribution in [0.15, 0.2) is 30.3 Å². The summed E-state index contributed by atoms with van der Waals surface area (Å²) in [5.41, 5.74) is 4.57. The highest BCUT2D eigenvalue weighted by Crippen LogP contribution is 2.31. The second kappa shape index (κ2) is 3.62. The van der Waals surface area contributed by atoms with E-state index in [0.29, 0.717) is 0 Å². The maximum atomic E-state index is 2.37. The van der Waals surface area contributed by atoms with E-state index in [2.05, 4.69) is 44.2 Å². The van der Waals surface area contributed by atoms with E-state index in [0.717, 1.165) is 5.92 Å². The van der Waals surface area contributed by atoms with Crippen molar-refractivity contribution >= 4 is 10.8 Å². The summed E-state index contributed by atoms with van der Waals surface area (Å²) in [5, 5.41) is 2.89. The lowest BCUT2D eigenvalue weighted by Crippen LogP contribution is -2.11. The lowest BCUT2D eigenvalue weighted by molar-refractivity contribution is 0.504. The molecule has 16 heavy (non-hydrogen) atoms. The van der Waals surface area contributed by atoms with Gasteiger partial charge in [-0.25, -0.2) is 0 Å². The fourth-order valence-electron chi connectivity index (χ4n) is 2.87. The molecular weight excluding hydrogens is 192 g/mol. The largest absolute Gasteiger partial charge is 0.0622 e. The molecule has 0 aromatic heterocycles. The van der Waals surface area contributed by atoms with Gasteiger partial charge in [-0.1, -0.05) is 42.8 Å². The summed E-state index contributed by atoms with van der Waals surface area (Å²) in [6, 6.07) is 11.4. The fraction of sp³-hybridized carbons (Fsp3) is 0.375. The van der Waals surface area contributed by atoms with E-state index in [-0.39, 0.29) is 0 Å². The van der Waals surface area contributed by atoms with Crippen LogP contribution >= 0.6 is 0 Å². The summed E-state index contributed by atoms with van der Waals surface area (Å²) < 4.78 is 0. The number of benzene rings is 2. The Bertz CT molecular complexity index is 537. The van der Waals surface area contributed by atoms with Gasteiger partial charge in [0.05, 0.1) is 0 Å². The molecule has 0 heteroatoms. The summed E-state index contributed by atoms with van der Waals surface area (Å²) >= 11 is 0. The van der Waals surface area contributed by atoms with E-state index in [1.807, 2.05) is 0 Å². The Morgan fingerprint density at radius 2 is 1.94 bits per heavy atom. The first-order chi connectivity index (χ1) is 7.74. The van der Waals surface area contributed by atoms with Gasteiger partial charge < -0.3 is 0 Å². The number of hydrogen-bond donors (Lipinski definition) is 0. The van der Waals surface area contributed by atoms with E-state index in [9.17, 15) is 0 Å². The zero-order valence-electron chi connectivity index (χ0n) is 10.1. The molecule has 1 aliphatic rings. The molecule has 0 fully saturated rings. The lowest BCUT2D eigenvalue weighted by Gasteiger charge is -2.23. The molecule has 1 aliphatic carbocycles. The van der Waals surface area contributed by atoms with Crippen LogP contribution in [-0.2, 0) is 12.8 Å². The first-order valence-corrected chi connectivity index (χ1v) is 6.25. The normalized spacial score (nSPS) is 19.8. The summed E-state index contributed by atoms with van der Waals surface area (Å²) in [5.74, 6) is 0.846. The Kier molecular flexibility index (Phi) is 2.24. The third-order valence-electron chi connectivity index (χ3n) is 3.84. The maximum Gasteiger partial charge on any atom is -0.0146 e. The topological polar surface area (TPSA) is 0 Å². The highest BCUT2D eigenvalue weighted by molar-refractivity contribution is 5.87. The van der Waals surface area contributed by atoms with E-state index < -0.39 is 0 Å². The first kappa shape index (κ1) is 9.89. The van der Waals surface area contributed by atoms with Gasteiger partial charge in [0.15, 0.2) is 0 Å². The SMILES string of the molecule is Cc1ccc2ccc3c(c2c1)CC(C)CC3. The molecule has 0 saturated heterocycles. The molecule has 0 amide bonds. The summed E-state index contributed by atoms with van der Waals surface area (Å²) in [7, 11) is 0. The minimum absolute atomic E-state index is 0.846. The number of hydrogen-bond acceptors (Lipinski definition) is 0. The van der Waals surface area contributed by atoms with Crippen LogP contribution in [0.4, 0.5) is 0 Å².